The second kappa shape index (κ2) is 7.38. The number of carbonyl (C=O) groups excluding carboxylic acids is 1. The molecular formula is C22H23N3O3. The van der Waals surface area contributed by atoms with Crippen molar-refractivity contribution in [2.24, 2.45) is 7.05 Å². The average molecular weight is 377 g/mol. The van der Waals surface area contributed by atoms with E-state index in [1.165, 1.54) is 5.39 Å². The molecule has 1 N–H and O–H groups in total. The normalized spacial score (nSPS) is 12.5. The quantitative estimate of drug-likeness (QED) is 0.561. The van der Waals surface area contributed by atoms with Gasteiger partial charge in [0.25, 0.3) is 0 Å². The molecule has 0 aliphatic rings. The number of aryl methyl sites for hydroxylation is 2. The Labute approximate surface area is 162 Å². The number of hydrogen-bond donors (Lipinski definition) is 1. The summed E-state index contributed by atoms with van der Waals surface area (Å²) in [5, 5.41) is 4.17. The molecule has 4 rings (SSSR count). The van der Waals surface area contributed by atoms with Gasteiger partial charge in [-0.15, -0.1) is 0 Å². The summed E-state index contributed by atoms with van der Waals surface area (Å²) in [5.41, 5.74) is 3.63. The van der Waals surface area contributed by atoms with Crippen LogP contribution in [0.15, 0.2) is 63.9 Å². The molecule has 0 aliphatic carbocycles. The SMILES string of the molecule is C[C@@H](Cn1c(=O)oc2ccccc21)NC(=O)CCc1cn(C)c2ccccc12. The predicted octanol–water partition coefficient (Wildman–Crippen LogP) is 3.22. The van der Waals surface area contributed by atoms with Crippen molar-refractivity contribution in [2.75, 3.05) is 0 Å². The Kier molecular flexibility index (Phi) is 4.77. The zero-order chi connectivity index (χ0) is 19.7. The van der Waals surface area contributed by atoms with Crippen LogP contribution in [0.2, 0.25) is 0 Å². The Morgan fingerprint density at radius 3 is 2.64 bits per heavy atom. The molecule has 0 saturated heterocycles. The molecule has 0 spiro atoms. The summed E-state index contributed by atoms with van der Waals surface area (Å²) in [5.74, 6) is -0.431. The highest BCUT2D eigenvalue weighted by atomic mass is 16.4. The fraction of sp³-hybridized carbons (Fsp3) is 0.273. The topological polar surface area (TPSA) is 69.2 Å². The van der Waals surface area contributed by atoms with Crippen molar-refractivity contribution in [1.82, 2.24) is 14.5 Å². The van der Waals surface area contributed by atoms with E-state index in [0.29, 0.717) is 25.0 Å². The molecule has 2 heterocycles. The number of nitrogens with zero attached hydrogens (tertiary/aromatic N) is 2. The number of carbonyl (C=O) groups is 1. The van der Waals surface area contributed by atoms with Gasteiger partial charge in [-0.05, 0) is 37.1 Å². The van der Waals surface area contributed by atoms with E-state index in [9.17, 15) is 9.59 Å². The number of amides is 1. The first kappa shape index (κ1) is 18.1. The summed E-state index contributed by atoms with van der Waals surface area (Å²) in [7, 11) is 2.01. The molecule has 28 heavy (non-hydrogen) atoms. The Morgan fingerprint density at radius 1 is 1.11 bits per heavy atom. The van der Waals surface area contributed by atoms with Crippen LogP contribution >= 0.6 is 0 Å². The zero-order valence-electron chi connectivity index (χ0n) is 16.0. The largest absolute Gasteiger partial charge is 0.420 e. The number of fused-ring (bicyclic) bond motifs is 2. The van der Waals surface area contributed by atoms with Gasteiger partial charge in [0.05, 0.1) is 5.52 Å². The van der Waals surface area contributed by atoms with Crippen molar-refractivity contribution in [3.8, 4) is 0 Å². The van der Waals surface area contributed by atoms with Crippen LogP contribution in [0.4, 0.5) is 0 Å². The molecule has 0 saturated carbocycles. The van der Waals surface area contributed by atoms with E-state index in [0.717, 1.165) is 16.6 Å². The van der Waals surface area contributed by atoms with E-state index >= 15 is 0 Å². The van der Waals surface area contributed by atoms with Crippen LogP contribution in [0.25, 0.3) is 22.0 Å². The van der Waals surface area contributed by atoms with Gasteiger partial charge in [0.15, 0.2) is 5.58 Å². The first-order valence-electron chi connectivity index (χ1n) is 9.43. The van der Waals surface area contributed by atoms with Gasteiger partial charge in [0, 0.05) is 43.2 Å². The highest BCUT2D eigenvalue weighted by molar-refractivity contribution is 5.85. The Hall–Kier alpha value is -3.28. The first-order valence-corrected chi connectivity index (χ1v) is 9.43. The van der Waals surface area contributed by atoms with Gasteiger partial charge in [0.1, 0.15) is 0 Å². The maximum atomic E-state index is 12.4. The maximum Gasteiger partial charge on any atom is 0.420 e. The number of oxazole rings is 1. The van der Waals surface area contributed by atoms with Crippen LogP contribution in [-0.4, -0.2) is 21.1 Å². The predicted molar refractivity (Wildman–Crippen MR) is 109 cm³/mol. The number of benzene rings is 2. The van der Waals surface area contributed by atoms with Gasteiger partial charge >= 0.3 is 5.76 Å². The molecule has 2 aromatic heterocycles. The Morgan fingerprint density at radius 2 is 1.82 bits per heavy atom. The van der Waals surface area contributed by atoms with Crippen LogP contribution in [0, 0.1) is 0 Å². The van der Waals surface area contributed by atoms with Gasteiger partial charge in [-0.3, -0.25) is 9.36 Å². The summed E-state index contributed by atoms with van der Waals surface area (Å²) in [4.78, 5) is 24.5. The third-order valence-corrected chi connectivity index (χ3v) is 5.04. The minimum Gasteiger partial charge on any atom is -0.408 e. The summed E-state index contributed by atoms with van der Waals surface area (Å²) in [6.45, 7) is 2.26. The number of nitrogens with one attached hydrogen (secondary N) is 1. The molecule has 4 aromatic rings. The van der Waals surface area contributed by atoms with E-state index in [1.807, 2.05) is 44.3 Å². The van der Waals surface area contributed by atoms with E-state index in [1.54, 1.807) is 10.6 Å². The lowest BCUT2D eigenvalue weighted by Crippen LogP contribution is -2.37. The molecule has 0 unspecified atom stereocenters. The molecule has 6 heteroatoms. The lowest BCUT2D eigenvalue weighted by molar-refractivity contribution is -0.121. The number of para-hydroxylation sites is 3. The highest BCUT2D eigenvalue weighted by Gasteiger charge is 2.14. The van der Waals surface area contributed by atoms with Crippen molar-refractivity contribution in [1.29, 1.82) is 0 Å². The fourth-order valence-corrected chi connectivity index (χ4v) is 3.73. The highest BCUT2D eigenvalue weighted by Crippen LogP contribution is 2.21. The molecule has 1 atom stereocenters. The standard InChI is InChI=1S/C22H23N3O3/c1-15(13-25-19-9-5-6-10-20(19)28-22(25)27)23-21(26)12-11-16-14-24(2)18-8-4-3-7-17(16)18/h3-10,14-15H,11-13H2,1-2H3,(H,23,26)/t15-/m0/s1. The zero-order valence-corrected chi connectivity index (χ0v) is 16.0. The maximum absolute atomic E-state index is 12.4. The molecule has 6 nitrogen and oxygen atoms in total. The summed E-state index contributed by atoms with van der Waals surface area (Å²) in [6.07, 6.45) is 3.16. The monoisotopic (exact) mass is 377 g/mol. The van der Waals surface area contributed by atoms with Crippen molar-refractivity contribution >= 4 is 27.9 Å². The Bertz CT molecular complexity index is 1200. The third-order valence-electron chi connectivity index (χ3n) is 5.04. The molecule has 0 bridgehead atoms. The van der Waals surface area contributed by atoms with E-state index < -0.39 is 5.76 Å². The molecule has 144 valence electrons. The van der Waals surface area contributed by atoms with E-state index in [-0.39, 0.29) is 11.9 Å². The molecule has 0 fully saturated rings. The van der Waals surface area contributed by atoms with Crippen LogP contribution in [0.1, 0.15) is 18.9 Å². The minimum absolute atomic E-state index is 0.0266. The smallest absolute Gasteiger partial charge is 0.408 e. The molecule has 0 radical (unpaired) electrons. The number of hydrogen-bond acceptors (Lipinski definition) is 3. The minimum atomic E-state index is -0.405. The van der Waals surface area contributed by atoms with Crippen molar-refractivity contribution < 1.29 is 9.21 Å². The lowest BCUT2D eigenvalue weighted by atomic mass is 10.1. The van der Waals surface area contributed by atoms with Gasteiger partial charge in [-0.2, -0.15) is 0 Å². The Balaban J connectivity index is 1.39. The van der Waals surface area contributed by atoms with Gasteiger partial charge < -0.3 is 14.3 Å². The van der Waals surface area contributed by atoms with E-state index in [2.05, 4.69) is 28.2 Å². The lowest BCUT2D eigenvalue weighted by Gasteiger charge is -2.14. The second-order valence-corrected chi connectivity index (χ2v) is 7.20. The molecular weight excluding hydrogens is 354 g/mol. The van der Waals surface area contributed by atoms with E-state index in [4.69, 9.17) is 4.42 Å². The number of aromatic nitrogens is 2. The van der Waals surface area contributed by atoms with Crippen LogP contribution in [-0.2, 0) is 24.8 Å². The molecule has 2 aromatic carbocycles. The summed E-state index contributed by atoms with van der Waals surface area (Å²) >= 11 is 0. The van der Waals surface area contributed by atoms with Crippen molar-refractivity contribution in [3.63, 3.8) is 0 Å². The van der Waals surface area contributed by atoms with Gasteiger partial charge in [-0.25, -0.2) is 4.79 Å². The number of rotatable bonds is 6. The first-order chi connectivity index (χ1) is 13.5. The van der Waals surface area contributed by atoms with Crippen LogP contribution in [0.3, 0.4) is 0 Å². The van der Waals surface area contributed by atoms with Crippen LogP contribution in [0.5, 0.6) is 0 Å². The summed E-state index contributed by atoms with van der Waals surface area (Å²) < 4.78 is 8.89. The van der Waals surface area contributed by atoms with Gasteiger partial charge in [-0.1, -0.05) is 30.3 Å². The summed E-state index contributed by atoms with van der Waals surface area (Å²) in [6, 6.07) is 15.3. The fourth-order valence-electron chi connectivity index (χ4n) is 3.73. The second-order valence-electron chi connectivity index (χ2n) is 7.20. The molecule has 1 amide bonds. The average Bonchev–Trinajstić information content (AvgIpc) is 3.17. The third kappa shape index (κ3) is 3.45. The van der Waals surface area contributed by atoms with Crippen LogP contribution < -0.4 is 11.1 Å². The van der Waals surface area contributed by atoms with Crippen molar-refractivity contribution in [3.05, 3.63) is 70.8 Å². The van der Waals surface area contributed by atoms with Gasteiger partial charge in [0.2, 0.25) is 5.91 Å². The van der Waals surface area contributed by atoms with Crippen molar-refractivity contribution in [2.45, 2.75) is 32.4 Å². The molecule has 0 aliphatic heterocycles.